The van der Waals surface area contributed by atoms with E-state index in [2.05, 4.69) is 20.2 Å². The molecule has 1 amide bonds. The topological polar surface area (TPSA) is 67.3 Å². The molecule has 1 aromatic heterocycles. The molecule has 1 aliphatic heterocycles. The summed E-state index contributed by atoms with van der Waals surface area (Å²) in [6.07, 6.45) is 3.79. The van der Waals surface area contributed by atoms with E-state index in [-0.39, 0.29) is 12.0 Å². The van der Waals surface area contributed by atoms with Gasteiger partial charge in [-0.1, -0.05) is 12.1 Å². The van der Waals surface area contributed by atoms with Gasteiger partial charge in [-0.3, -0.25) is 4.79 Å². The molecular weight excluding hydrogens is 304 g/mol. The van der Waals surface area contributed by atoms with Crippen LogP contribution in [0.2, 0.25) is 0 Å². The maximum atomic E-state index is 12.5. The van der Waals surface area contributed by atoms with Gasteiger partial charge in [-0.05, 0) is 38.8 Å². The largest absolute Gasteiger partial charge is 0.489 e. The van der Waals surface area contributed by atoms with Gasteiger partial charge in [0.1, 0.15) is 23.6 Å². The molecule has 1 fully saturated rings. The minimum atomic E-state index is -0.266. The van der Waals surface area contributed by atoms with Gasteiger partial charge < -0.3 is 15.0 Å². The molecule has 0 bridgehead atoms. The third-order valence-electron chi connectivity index (χ3n) is 3.81. The van der Waals surface area contributed by atoms with Gasteiger partial charge in [0.25, 0.3) is 5.91 Å². The van der Waals surface area contributed by atoms with Crippen molar-refractivity contribution in [1.29, 1.82) is 0 Å². The number of benzene rings is 1. The number of aromatic nitrogens is 2. The molecule has 1 aromatic carbocycles. The lowest BCUT2D eigenvalue weighted by atomic mass is 10.2. The lowest BCUT2D eigenvalue weighted by molar-refractivity contribution is 0.102. The van der Waals surface area contributed by atoms with E-state index in [0.717, 1.165) is 31.7 Å². The van der Waals surface area contributed by atoms with Crippen LogP contribution in [0.4, 0.5) is 11.5 Å². The first kappa shape index (κ1) is 16.2. The number of carbonyl (C=O) groups is 1. The Balaban J connectivity index is 1.77. The van der Waals surface area contributed by atoms with Gasteiger partial charge in [0, 0.05) is 19.2 Å². The number of para-hydroxylation sites is 2. The van der Waals surface area contributed by atoms with Crippen LogP contribution in [-0.2, 0) is 0 Å². The Bertz CT molecular complexity index is 712. The fourth-order valence-electron chi connectivity index (χ4n) is 2.70. The standard InChI is InChI=1S/C18H22N4O2/c1-13(2)24-16-8-4-3-7-14(16)21-18(23)15-11-17(20-12-19-15)22-9-5-6-10-22/h3-4,7-8,11-13H,5-6,9-10H2,1-2H3,(H,21,23). The van der Waals surface area contributed by atoms with E-state index in [1.54, 1.807) is 6.07 Å². The highest BCUT2D eigenvalue weighted by molar-refractivity contribution is 6.04. The molecule has 1 aliphatic rings. The van der Waals surface area contributed by atoms with Crippen LogP contribution in [0.1, 0.15) is 37.2 Å². The smallest absolute Gasteiger partial charge is 0.274 e. The summed E-state index contributed by atoms with van der Waals surface area (Å²) in [4.78, 5) is 23.1. The molecule has 0 aliphatic carbocycles. The molecule has 0 atom stereocenters. The molecule has 3 rings (SSSR count). The summed E-state index contributed by atoms with van der Waals surface area (Å²) < 4.78 is 5.73. The van der Waals surface area contributed by atoms with E-state index in [4.69, 9.17) is 4.74 Å². The summed E-state index contributed by atoms with van der Waals surface area (Å²) >= 11 is 0. The van der Waals surface area contributed by atoms with Crippen LogP contribution >= 0.6 is 0 Å². The Morgan fingerprint density at radius 3 is 2.71 bits per heavy atom. The van der Waals surface area contributed by atoms with Gasteiger partial charge in [0.2, 0.25) is 0 Å². The third kappa shape index (κ3) is 3.82. The monoisotopic (exact) mass is 326 g/mol. The summed E-state index contributed by atoms with van der Waals surface area (Å²) in [7, 11) is 0. The summed E-state index contributed by atoms with van der Waals surface area (Å²) in [5.41, 5.74) is 0.990. The van der Waals surface area contributed by atoms with E-state index in [9.17, 15) is 4.79 Å². The second-order valence-corrected chi connectivity index (χ2v) is 6.07. The van der Waals surface area contributed by atoms with Crippen molar-refractivity contribution in [3.63, 3.8) is 0 Å². The second kappa shape index (κ2) is 7.29. The molecule has 0 radical (unpaired) electrons. The van der Waals surface area contributed by atoms with Gasteiger partial charge in [-0.25, -0.2) is 9.97 Å². The number of ether oxygens (including phenoxy) is 1. The Labute approximate surface area is 141 Å². The average Bonchev–Trinajstić information content (AvgIpc) is 3.11. The maximum absolute atomic E-state index is 12.5. The normalized spacial score (nSPS) is 14.0. The second-order valence-electron chi connectivity index (χ2n) is 6.07. The van der Waals surface area contributed by atoms with Gasteiger partial charge in [0.05, 0.1) is 11.8 Å². The summed E-state index contributed by atoms with van der Waals surface area (Å²) in [6, 6.07) is 9.14. The summed E-state index contributed by atoms with van der Waals surface area (Å²) in [6.45, 7) is 5.85. The van der Waals surface area contributed by atoms with Gasteiger partial charge in [-0.15, -0.1) is 0 Å². The van der Waals surface area contributed by atoms with E-state index in [0.29, 0.717) is 17.1 Å². The molecule has 24 heavy (non-hydrogen) atoms. The van der Waals surface area contributed by atoms with Crippen LogP contribution in [0.3, 0.4) is 0 Å². The number of anilines is 2. The van der Waals surface area contributed by atoms with Crippen LogP contribution in [0, 0.1) is 0 Å². The zero-order valence-corrected chi connectivity index (χ0v) is 14.0. The number of nitrogens with zero attached hydrogens (tertiary/aromatic N) is 3. The van der Waals surface area contributed by atoms with Crippen molar-refractivity contribution in [2.45, 2.75) is 32.8 Å². The number of hydrogen-bond acceptors (Lipinski definition) is 5. The van der Waals surface area contributed by atoms with E-state index in [1.807, 2.05) is 38.1 Å². The SMILES string of the molecule is CC(C)Oc1ccccc1NC(=O)c1cc(N2CCCC2)ncn1. The van der Waals surface area contributed by atoms with Crippen molar-refractivity contribution in [2.24, 2.45) is 0 Å². The first-order valence-corrected chi connectivity index (χ1v) is 8.27. The highest BCUT2D eigenvalue weighted by Crippen LogP contribution is 2.25. The molecule has 126 valence electrons. The lowest BCUT2D eigenvalue weighted by Crippen LogP contribution is -2.21. The number of carbonyl (C=O) groups excluding carboxylic acids is 1. The zero-order chi connectivity index (χ0) is 16.9. The van der Waals surface area contributed by atoms with Crippen molar-refractivity contribution in [3.8, 4) is 5.75 Å². The van der Waals surface area contributed by atoms with E-state index in [1.165, 1.54) is 6.33 Å². The van der Waals surface area contributed by atoms with Crippen molar-refractivity contribution in [3.05, 3.63) is 42.4 Å². The average molecular weight is 326 g/mol. The Morgan fingerprint density at radius 1 is 1.21 bits per heavy atom. The summed E-state index contributed by atoms with van der Waals surface area (Å²) in [5.74, 6) is 1.19. The van der Waals surface area contributed by atoms with E-state index < -0.39 is 0 Å². The van der Waals surface area contributed by atoms with Crippen LogP contribution in [0.5, 0.6) is 5.75 Å². The van der Waals surface area contributed by atoms with Gasteiger partial charge in [0.15, 0.2) is 0 Å². The molecule has 2 heterocycles. The van der Waals surface area contributed by atoms with Crippen LogP contribution in [0.15, 0.2) is 36.7 Å². The Morgan fingerprint density at radius 2 is 1.96 bits per heavy atom. The summed E-state index contributed by atoms with van der Waals surface area (Å²) in [5, 5.41) is 2.88. The minimum Gasteiger partial charge on any atom is -0.489 e. The molecule has 2 aromatic rings. The quantitative estimate of drug-likeness (QED) is 0.914. The number of rotatable bonds is 5. The lowest BCUT2D eigenvalue weighted by Gasteiger charge is -2.17. The molecule has 0 spiro atoms. The van der Waals surface area contributed by atoms with Crippen molar-refractivity contribution in [1.82, 2.24) is 9.97 Å². The predicted octanol–water partition coefficient (Wildman–Crippen LogP) is 3.12. The fourth-order valence-corrected chi connectivity index (χ4v) is 2.70. The molecule has 6 nitrogen and oxygen atoms in total. The molecule has 1 N–H and O–H groups in total. The number of amides is 1. The molecule has 0 saturated carbocycles. The predicted molar refractivity (Wildman–Crippen MR) is 93.6 cm³/mol. The fraction of sp³-hybridized carbons (Fsp3) is 0.389. The van der Waals surface area contributed by atoms with Crippen LogP contribution in [0.25, 0.3) is 0 Å². The van der Waals surface area contributed by atoms with Gasteiger partial charge >= 0.3 is 0 Å². The number of nitrogens with one attached hydrogen (secondary N) is 1. The van der Waals surface area contributed by atoms with E-state index >= 15 is 0 Å². The number of hydrogen-bond donors (Lipinski definition) is 1. The minimum absolute atomic E-state index is 0.0314. The van der Waals surface area contributed by atoms with Gasteiger partial charge in [-0.2, -0.15) is 0 Å². The molecule has 6 heteroatoms. The molecule has 0 unspecified atom stereocenters. The highest BCUT2D eigenvalue weighted by Gasteiger charge is 2.17. The third-order valence-corrected chi connectivity index (χ3v) is 3.81. The van der Waals surface area contributed by atoms with Crippen LogP contribution < -0.4 is 15.0 Å². The highest BCUT2D eigenvalue weighted by atomic mass is 16.5. The van der Waals surface area contributed by atoms with Crippen LogP contribution in [-0.4, -0.2) is 35.1 Å². The van der Waals surface area contributed by atoms with Crippen molar-refractivity contribution >= 4 is 17.4 Å². The molecule has 1 saturated heterocycles. The first-order chi connectivity index (χ1) is 11.6. The first-order valence-electron chi connectivity index (χ1n) is 8.27. The maximum Gasteiger partial charge on any atom is 0.274 e. The van der Waals surface area contributed by atoms with Crippen molar-refractivity contribution in [2.75, 3.05) is 23.3 Å². The Hall–Kier alpha value is -2.63. The Kier molecular flexibility index (Phi) is 4.93. The van der Waals surface area contributed by atoms with Crippen molar-refractivity contribution < 1.29 is 9.53 Å². The molecular formula is C18H22N4O2. The zero-order valence-electron chi connectivity index (χ0n) is 14.0.